The van der Waals surface area contributed by atoms with Crippen LogP contribution in [0.2, 0.25) is 0 Å². The highest BCUT2D eigenvalue weighted by atomic mass is 16.7. The van der Waals surface area contributed by atoms with Gasteiger partial charge in [0.2, 0.25) is 5.91 Å². The lowest BCUT2D eigenvalue weighted by atomic mass is 9.77. The van der Waals surface area contributed by atoms with Crippen molar-refractivity contribution in [1.82, 2.24) is 5.32 Å². The standard InChI is InChI=1S/C18H25BN2O3/c1-17(2)18(3,4)24-19(23-17)14(11-20-5)8-12-6-7-13-10-16(22)21-15(13)9-12/h6-9,20H,10-11H2,1-5H3,(H,21,22). The molecule has 0 spiro atoms. The Morgan fingerprint density at radius 1 is 1.29 bits per heavy atom. The van der Waals surface area contributed by atoms with E-state index in [9.17, 15) is 4.79 Å². The van der Waals surface area contributed by atoms with E-state index in [0.29, 0.717) is 13.0 Å². The molecule has 6 heteroatoms. The molecule has 2 N–H and O–H groups in total. The highest BCUT2D eigenvalue weighted by Gasteiger charge is 2.52. The Balaban J connectivity index is 1.88. The number of fused-ring (bicyclic) bond motifs is 1. The van der Waals surface area contributed by atoms with Crippen molar-refractivity contribution in [2.45, 2.75) is 45.3 Å². The van der Waals surface area contributed by atoms with E-state index in [4.69, 9.17) is 9.31 Å². The minimum absolute atomic E-state index is 0.0486. The molecule has 1 fully saturated rings. The summed E-state index contributed by atoms with van der Waals surface area (Å²) in [5.41, 5.74) is 3.26. The van der Waals surface area contributed by atoms with Crippen LogP contribution in [0.25, 0.3) is 6.08 Å². The van der Waals surface area contributed by atoms with Crippen molar-refractivity contribution in [2.24, 2.45) is 0 Å². The summed E-state index contributed by atoms with van der Waals surface area (Å²) in [7, 11) is 1.52. The molecule has 0 atom stereocenters. The van der Waals surface area contributed by atoms with Crippen LogP contribution in [0.1, 0.15) is 38.8 Å². The predicted octanol–water partition coefficient (Wildman–Crippen LogP) is 2.42. The summed E-state index contributed by atoms with van der Waals surface area (Å²) in [5.74, 6) is 0.0486. The second kappa shape index (κ2) is 6.03. The van der Waals surface area contributed by atoms with E-state index in [1.807, 2.05) is 25.2 Å². The molecule has 5 nitrogen and oxygen atoms in total. The molecular formula is C18H25BN2O3. The zero-order valence-electron chi connectivity index (χ0n) is 15.0. The van der Waals surface area contributed by atoms with Crippen LogP contribution in [0, 0.1) is 0 Å². The van der Waals surface area contributed by atoms with Gasteiger partial charge < -0.3 is 19.9 Å². The van der Waals surface area contributed by atoms with E-state index in [0.717, 1.165) is 22.3 Å². The minimum Gasteiger partial charge on any atom is -0.400 e. The molecule has 1 saturated heterocycles. The maximum Gasteiger partial charge on any atom is 0.491 e. The molecule has 1 aromatic rings. The third-order valence-corrected chi connectivity index (χ3v) is 5.05. The molecule has 0 bridgehead atoms. The quantitative estimate of drug-likeness (QED) is 0.834. The van der Waals surface area contributed by atoms with Gasteiger partial charge in [0.1, 0.15) is 0 Å². The molecule has 0 aliphatic carbocycles. The van der Waals surface area contributed by atoms with Crippen molar-refractivity contribution in [1.29, 1.82) is 0 Å². The van der Waals surface area contributed by atoms with E-state index in [2.05, 4.69) is 44.4 Å². The number of anilines is 1. The largest absolute Gasteiger partial charge is 0.491 e. The Morgan fingerprint density at radius 3 is 2.58 bits per heavy atom. The van der Waals surface area contributed by atoms with Crippen LogP contribution < -0.4 is 10.6 Å². The first-order valence-corrected chi connectivity index (χ1v) is 8.35. The van der Waals surface area contributed by atoms with Crippen LogP contribution in [-0.4, -0.2) is 37.8 Å². The molecular weight excluding hydrogens is 303 g/mol. The molecule has 24 heavy (non-hydrogen) atoms. The summed E-state index contributed by atoms with van der Waals surface area (Å²) in [5, 5.41) is 6.07. The molecule has 128 valence electrons. The van der Waals surface area contributed by atoms with Gasteiger partial charge in [0, 0.05) is 12.2 Å². The Kier molecular flexibility index (Phi) is 4.32. The van der Waals surface area contributed by atoms with Gasteiger partial charge in [0.25, 0.3) is 0 Å². The number of benzene rings is 1. The van der Waals surface area contributed by atoms with E-state index < -0.39 is 0 Å². The monoisotopic (exact) mass is 328 g/mol. The smallest absolute Gasteiger partial charge is 0.400 e. The van der Waals surface area contributed by atoms with E-state index in [1.165, 1.54) is 0 Å². The SMILES string of the molecule is CNCC(=Cc1ccc2c(c1)NC(=O)C2)B1OC(C)(C)C(C)(C)O1. The van der Waals surface area contributed by atoms with Crippen LogP contribution in [0.3, 0.4) is 0 Å². The number of likely N-dealkylation sites (N-methyl/N-ethyl adjacent to an activating group) is 1. The molecule has 0 saturated carbocycles. The summed E-state index contributed by atoms with van der Waals surface area (Å²) in [6.45, 7) is 8.87. The lowest BCUT2D eigenvalue weighted by molar-refractivity contribution is -0.115. The molecule has 0 unspecified atom stereocenters. The first kappa shape index (κ1) is 17.2. The van der Waals surface area contributed by atoms with Crippen LogP contribution in [0.5, 0.6) is 0 Å². The Hall–Kier alpha value is -1.63. The number of hydrogen-bond acceptors (Lipinski definition) is 4. The average Bonchev–Trinajstić information content (AvgIpc) is 2.94. The van der Waals surface area contributed by atoms with Crippen molar-refractivity contribution in [3.63, 3.8) is 0 Å². The summed E-state index contributed by atoms with van der Waals surface area (Å²) >= 11 is 0. The van der Waals surface area contributed by atoms with Gasteiger partial charge >= 0.3 is 7.12 Å². The van der Waals surface area contributed by atoms with Crippen LogP contribution >= 0.6 is 0 Å². The fourth-order valence-corrected chi connectivity index (χ4v) is 2.94. The summed E-state index contributed by atoms with van der Waals surface area (Å²) in [6.07, 6.45) is 2.53. The fourth-order valence-electron chi connectivity index (χ4n) is 2.94. The van der Waals surface area contributed by atoms with Crippen LogP contribution in [0.15, 0.2) is 23.7 Å². The van der Waals surface area contributed by atoms with Gasteiger partial charge in [-0.05, 0) is 57.4 Å². The molecule has 1 aromatic carbocycles. The van der Waals surface area contributed by atoms with Crippen molar-refractivity contribution in [3.8, 4) is 0 Å². The number of hydrogen-bond donors (Lipinski definition) is 2. The third-order valence-electron chi connectivity index (χ3n) is 5.05. The normalized spacial score (nSPS) is 21.8. The van der Waals surface area contributed by atoms with Crippen LogP contribution in [-0.2, 0) is 20.5 Å². The van der Waals surface area contributed by atoms with Gasteiger partial charge in [0.05, 0.1) is 17.6 Å². The Labute approximate surface area is 143 Å². The van der Waals surface area contributed by atoms with Gasteiger partial charge in [-0.3, -0.25) is 4.79 Å². The lowest BCUT2D eigenvalue weighted by Crippen LogP contribution is -2.41. The first-order valence-electron chi connectivity index (χ1n) is 8.35. The maximum absolute atomic E-state index is 11.5. The molecule has 2 aliphatic rings. The number of carbonyl (C=O) groups excluding carboxylic acids is 1. The summed E-state index contributed by atoms with van der Waals surface area (Å²) in [6, 6.07) is 6.03. The molecule has 3 rings (SSSR count). The highest BCUT2D eigenvalue weighted by Crippen LogP contribution is 2.38. The van der Waals surface area contributed by atoms with Crippen molar-refractivity contribution >= 4 is 24.8 Å². The first-order chi connectivity index (χ1) is 11.2. The van der Waals surface area contributed by atoms with Gasteiger partial charge in [-0.25, -0.2) is 0 Å². The zero-order chi connectivity index (χ0) is 17.5. The molecule has 2 heterocycles. The van der Waals surface area contributed by atoms with Gasteiger partial charge in [0.15, 0.2) is 0 Å². The number of nitrogens with one attached hydrogen (secondary N) is 2. The van der Waals surface area contributed by atoms with Crippen molar-refractivity contribution in [2.75, 3.05) is 18.9 Å². The fraction of sp³-hybridized carbons (Fsp3) is 0.500. The Bertz CT molecular complexity index is 682. The Morgan fingerprint density at radius 2 is 1.96 bits per heavy atom. The third kappa shape index (κ3) is 3.14. The van der Waals surface area contributed by atoms with Gasteiger partial charge in [-0.1, -0.05) is 18.2 Å². The highest BCUT2D eigenvalue weighted by molar-refractivity contribution is 6.55. The average molecular weight is 328 g/mol. The summed E-state index contributed by atoms with van der Waals surface area (Å²) < 4.78 is 12.3. The van der Waals surface area contributed by atoms with Crippen LogP contribution in [0.4, 0.5) is 5.69 Å². The van der Waals surface area contributed by atoms with Gasteiger partial charge in [-0.2, -0.15) is 0 Å². The number of carbonyl (C=O) groups is 1. The summed E-state index contributed by atoms with van der Waals surface area (Å²) in [4.78, 5) is 11.5. The topological polar surface area (TPSA) is 59.6 Å². The van der Waals surface area contributed by atoms with Crippen molar-refractivity contribution in [3.05, 3.63) is 34.8 Å². The predicted molar refractivity (Wildman–Crippen MR) is 96.8 cm³/mol. The van der Waals surface area contributed by atoms with E-state index in [1.54, 1.807) is 0 Å². The zero-order valence-corrected chi connectivity index (χ0v) is 15.0. The maximum atomic E-state index is 11.5. The van der Waals surface area contributed by atoms with Crippen molar-refractivity contribution < 1.29 is 14.1 Å². The number of rotatable bonds is 4. The lowest BCUT2D eigenvalue weighted by Gasteiger charge is -2.32. The second-order valence-corrected chi connectivity index (χ2v) is 7.48. The molecule has 0 radical (unpaired) electrons. The van der Waals surface area contributed by atoms with Gasteiger partial charge in [-0.15, -0.1) is 0 Å². The molecule has 0 aromatic heterocycles. The number of amides is 1. The minimum atomic E-state index is -0.384. The van der Waals surface area contributed by atoms with E-state index >= 15 is 0 Å². The van der Waals surface area contributed by atoms with E-state index in [-0.39, 0.29) is 24.2 Å². The molecule has 1 amide bonds. The second-order valence-electron chi connectivity index (χ2n) is 7.48. The molecule has 2 aliphatic heterocycles.